The Labute approximate surface area is 212 Å². The quantitative estimate of drug-likeness (QED) is 0.331. The number of rotatable bonds is 7. The molecule has 5 rings (SSSR count). The number of nitrogens with zero attached hydrogens (tertiary/aromatic N) is 2. The van der Waals surface area contributed by atoms with Gasteiger partial charge in [-0.05, 0) is 61.0 Å². The molecule has 0 aliphatic rings. The molecule has 3 aromatic carbocycles. The highest BCUT2D eigenvalue weighted by Crippen LogP contribution is 2.36. The number of aromatic nitrogens is 2. The summed E-state index contributed by atoms with van der Waals surface area (Å²) in [4.78, 5) is 13.0. The Morgan fingerprint density at radius 2 is 1.70 bits per heavy atom. The van der Waals surface area contributed by atoms with Gasteiger partial charge in [0, 0.05) is 23.1 Å². The second kappa shape index (κ2) is 9.47. The third-order valence-electron chi connectivity index (χ3n) is 5.94. The van der Waals surface area contributed by atoms with E-state index >= 15 is 0 Å². The van der Waals surface area contributed by atoms with Crippen LogP contribution in [0.5, 0.6) is 11.5 Å². The van der Waals surface area contributed by atoms with Crippen LogP contribution in [0.1, 0.15) is 5.56 Å². The largest absolute Gasteiger partial charge is 0.496 e. The van der Waals surface area contributed by atoms with Crippen molar-refractivity contribution in [1.82, 2.24) is 9.72 Å². The van der Waals surface area contributed by atoms with E-state index in [9.17, 15) is 13.2 Å². The molecule has 9 nitrogen and oxygen atoms in total. The summed E-state index contributed by atoms with van der Waals surface area (Å²) in [5.41, 5.74) is 3.58. The van der Waals surface area contributed by atoms with E-state index in [0.717, 1.165) is 22.4 Å². The topological polar surface area (TPSA) is 113 Å². The SMILES string of the molecule is COc1ccc(C)cc1-c1ccc(-n2c(=O)ccc3cc(S(=O)(=O)Nc4ccon4)ccc32)c(OC)c1. The van der Waals surface area contributed by atoms with Crippen LogP contribution in [0.15, 0.2) is 93.3 Å². The van der Waals surface area contributed by atoms with Crippen LogP contribution in [0, 0.1) is 6.92 Å². The average molecular weight is 518 g/mol. The van der Waals surface area contributed by atoms with E-state index < -0.39 is 10.0 Å². The minimum atomic E-state index is -3.92. The highest BCUT2D eigenvalue weighted by Gasteiger charge is 2.19. The van der Waals surface area contributed by atoms with Gasteiger partial charge in [-0.3, -0.25) is 14.1 Å². The molecule has 2 aromatic heterocycles. The van der Waals surface area contributed by atoms with Gasteiger partial charge in [0.25, 0.3) is 15.6 Å². The van der Waals surface area contributed by atoms with E-state index in [1.54, 1.807) is 25.3 Å². The van der Waals surface area contributed by atoms with Crippen molar-refractivity contribution in [3.63, 3.8) is 0 Å². The summed E-state index contributed by atoms with van der Waals surface area (Å²) in [6.45, 7) is 2.00. The number of fused-ring (bicyclic) bond motifs is 1. The molecule has 0 aliphatic carbocycles. The second-order valence-corrected chi connectivity index (χ2v) is 9.99. The Hall–Kier alpha value is -4.57. The van der Waals surface area contributed by atoms with Crippen molar-refractivity contribution in [3.05, 3.63) is 95.0 Å². The molecule has 10 heteroatoms. The van der Waals surface area contributed by atoms with Gasteiger partial charge >= 0.3 is 0 Å². The first-order valence-corrected chi connectivity index (χ1v) is 12.7. The number of aryl methyl sites for hydroxylation is 1. The Kier molecular flexibility index (Phi) is 6.18. The van der Waals surface area contributed by atoms with Gasteiger partial charge in [0.05, 0.1) is 30.3 Å². The van der Waals surface area contributed by atoms with Crippen molar-refractivity contribution in [2.75, 3.05) is 18.9 Å². The maximum absolute atomic E-state index is 13.0. The monoisotopic (exact) mass is 517 g/mol. The lowest BCUT2D eigenvalue weighted by Crippen LogP contribution is -2.18. The van der Waals surface area contributed by atoms with Crippen molar-refractivity contribution in [2.45, 2.75) is 11.8 Å². The smallest absolute Gasteiger partial charge is 0.263 e. The molecule has 0 spiro atoms. The highest BCUT2D eigenvalue weighted by molar-refractivity contribution is 7.92. The van der Waals surface area contributed by atoms with Crippen LogP contribution < -0.4 is 19.8 Å². The molecule has 0 radical (unpaired) electrons. The standard InChI is InChI=1S/C27H23N3O6S/c1-17-4-10-24(34-2)21(14-17)18-5-8-23(25(16-18)35-3)30-22-9-7-20(15-19(22)6-11-27(30)31)37(32,33)29-26-12-13-36-28-26/h4-16H,1-3H3,(H,28,29). The molecule has 0 atom stereocenters. The molecule has 0 saturated carbocycles. The summed E-state index contributed by atoms with van der Waals surface area (Å²) in [6.07, 6.45) is 1.27. The fraction of sp³-hybridized carbons (Fsp3) is 0.111. The fourth-order valence-electron chi connectivity index (χ4n) is 4.18. The third kappa shape index (κ3) is 4.54. The zero-order valence-electron chi connectivity index (χ0n) is 20.3. The maximum atomic E-state index is 13.0. The van der Waals surface area contributed by atoms with E-state index in [1.807, 2.05) is 37.3 Å². The van der Waals surface area contributed by atoms with Crippen molar-refractivity contribution in [1.29, 1.82) is 0 Å². The fourth-order valence-corrected chi connectivity index (χ4v) is 5.21. The van der Waals surface area contributed by atoms with Crippen molar-refractivity contribution >= 4 is 26.7 Å². The maximum Gasteiger partial charge on any atom is 0.263 e. The third-order valence-corrected chi connectivity index (χ3v) is 7.29. The molecular formula is C27H23N3O6S. The molecule has 5 aromatic rings. The number of ether oxygens (including phenoxy) is 2. The minimum absolute atomic E-state index is 0.0158. The molecule has 0 unspecified atom stereocenters. The molecule has 1 N–H and O–H groups in total. The molecule has 0 aliphatic heterocycles. The number of hydrogen-bond donors (Lipinski definition) is 1. The van der Waals surface area contributed by atoms with E-state index in [0.29, 0.717) is 22.3 Å². The molecular weight excluding hydrogens is 494 g/mol. The Morgan fingerprint density at radius 1 is 0.892 bits per heavy atom. The van der Waals surface area contributed by atoms with Gasteiger partial charge in [-0.2, -0.15) is 0 Å². The summed E-state index contributed by atoms with van der Waals surface area (Å²) in [7, 11) is -0.768. The number of hydrogen-bond acceptors (Lipinski definition) is 7. The molecule has 2 heterocycles. The lowest BCUT2D eigenvalue weighted by atomic mass is 10.0. The van der Waals surface area contributed by atoms with Crippen molar-refractivity contribution < 1.29 is 22.4 Å². The summed E-state index contributed by atoms with van der Waals surface area (Å²) >= 11 is 0. The van der Waals surface area contributed by atoms with E-state index in [1.165, 1.54) is 42.2 Å². The summed E-state index contributed by atoms with van der Waals surface area (Å²) in [5, 5.41) is 4.14. The van der Waals surface area contributed by atoms with Gasteiger partial charge in [0.15, 0.2) is 5.82 Å². The Bertz CT molecular complexity index is 1780. The van der Waals surface area contributed by atoms with Crippen molar-refractivity contribution in [2.24, 2.45) is 0 Å². The number of methoxy groups -OCH3 is 2. The van der Waals surface area contributed by atoms with Crippen LogP contribution in [-0.4, -0.2) is 32.4 Å². The van der Waals surface area contributed by atoms with E-state index in [4.69, 9.17) is 9.47 Å². The van der Waals surface area contributed by atoms with Gasteiger partial charge in [0.2, 0.25) is 0 Å². The minimum Gasteiger partial charge on any atom is -0.496 e. The van der Waals surface area contributed by atoms with Gasteiger partial charge < -0.3 is 14.0 Å². The molecule has 0 bridgehead atoms. The summed E-state index contributed by atoms with van der Waals surface area (Å²) in [6, 6.07) is 20.3. The Morgan fingerprint density at radius 3 is 2.43 bits per heavy atom. The van der Waals surface area contributed by atoms with Gasteiger partial charge in [0.1, 0.15) is 17.8 Å². The first-order valence-electron chi connectivity index (χ1n) is 11.2. The van der Waals surface area contributed by atoms with Crippen LogP contribution in [0.4, 0.5) is 5.82 Å². The lowest BCUT2D eigenvalue weighted by Gasteiger charge is -2.17. The Balaban J connectivity index is 1.62. The molecule has 0 amide bonds. The highest BCUT2D eigenvalue weighted by atomic mass is 32.2. The van der Waals surface area contributed by atoms with E-state index in [-0.39, 0.29) is 16.3 Å². The predicted molar refractivity (Wildman–Crippen MR) is 140 cm³/mol. The van der Waals surface area contributed by atoms with Gasteiger partial charge in [-0.15, -0.1) is 0 Å². The first kappa shape index (κ1) is 24.1. The van der Waals surface area contributed by atoms with Crippen LogP contribution >= 0.6 is 0 Å². The normalized spacial score (nSPS) is 11.4. The molecule has 37 heavy (non-hydrogen) atoms. The number of anilines is 1. The predicted octanol–water partition coefficient (Wildman–Crippen LogP) is 4.77. The zero-order valence-corrected chi connectivity index (χ0v) is 21.1. The first-order chi connectivity index (χ1) is 17.8. The van der Waals surface area contributed by atoms with E-state index in [2.05, 4.69) is 14.4 Å². The zero-order chi connectivity index (χ0) is 26.2. The van der Waals surface area contributed by atoms with Crippen molar-refractivity contribution in [3.8, 4) is 28.3 Å². The lowest BCUT2D eigenvalue weighted by molar-refractivity contribution is 0.412. The van der Waals surface area contributed by atoms with Crippen LogP contribution in [0.3, 0.4) is 0 Å². The molecule has 188 valence electrons. The summed E-state index contributed by atoms with van der Waals surface area (Å²) < 4.78 is 45.4. The van der Waals surface area contributed by atoms with Crippen LogP contribution in [0.25, 0.3) is 27.7 Å². The average Bonchev–Trinajstić information content (AvgIpc) is 3.40. The van der Waals surface area contributed by atoms with Crippen LogP contribution in [0.2, 0.25) is 0 Å². The number of nitrogens with one attached hydrogen (secondary N) is 1. The number of pyridine rings is 1. The molecule has 0 fully saturated rings. The molecule has 0 saturated heterocycles. The second-order valence-electron chi connectivity index (χ2n) is 8.31. The number of benzene rings is 3. The van der Waals surface area contributed by atoms with Gasteiger partial charge in [-0.25, -0.2) is 8.42 Å². The summed E-state index contributed by atoms with van der Waals surface area (Å²) in [5.74, 6) is 1.26. The van der Waals surface area contributed by atoms with Crippen LogP contribution in [-0.2, 0) is 10.0 Å². The number of sulfonamides is 1. The van der Waals surface area contributed by atoms with Gasteiger partial charge in [-0.1, -0.05) is 22.9 Å².